The first-order valence-corrected chi connectivity index (χ1v) is 7.11. The molecule has 3 heteroatoms. The van der Waals surface area contributed by atoms with E-state index in [9.17, 15) is 4.79 Å². The molecule has 1 aromatic carbocycles. The summed E-state index contributed by atoms with van der Waals surface area (Å²) in [6.07, 6.45) is 3.42. The van der Waals surface area contributed by atoms with Gasteiger partial charge in [0.05, 0.1) is 19.1 Å². The van der Waals surface area contributed by atoms with E-state index in [0.29, 0.717) is 13.2 Å². The molecule has 1 aliphatic heterocycles. The monoisotopic (exact) mass is 262 g/mol. The molecule has 0 aliphatic carbocycles. The summed E-state index contributed by atoms with van der Waals surface area (Å²) in [7, 11) is 0. The predicted molar refractivity (Wildman–Crippen MR) is 73.9 cm³/mol. The molecular formula is C16H22O3. The summed E-state index contributed by atoms with van der Waals surface area (Å²) >= 11 is 0. The largest absolute Gasteiger partial charge is 0.460 e. The first-order chi connectivity index (χ1) is 9.29. The molecule has 1 unspecified atom stereocenters. The molecule has 1 aromatic rings. The quantitative estimate of drug-likeness (QED) is 0.739. The molecule has 0 bridgehead atoms. The second-order valence-corrected chi connectivity index (χ2v) is 5.05. The molecule has 1 aliphatic rings. The van der Waals surface area contributed by atoms with Crippen molar-refractivity contribution >= 4 is 5.97 Å². The van der Waals surface area contributed by atoms with Gasteiger partial charge in [-0.2, -0.15) is 0 Å². The lowest BCUT2D eigenvalue weighted by molar-refractivity contribution is -0.154. The lowest BCUT2D eigenvalue weighted by Gasteiger charge is -2.17. The van der Waals surface area contributed by atoms with Gasteiger partial charge in [0.25, 0.3) is 0 Å². The molecule has 3 nitrogen and oxygen atoms in total. The highest BCUT2D eigenvalue weighted by Gasteiger charge is 2.24. The maximum absolute atomic E-state index is 12.1. The minimum Gasteiger partial charge on any atom is -0.460 e. The fourth-order valence-electron chi connectivity index (χ4n) is 2.34. The van der Waals surface area contributed by atoms with Crippen molar-refractivity contribution in [2.24, 2.45) is 5.92 Å². The first-order valence-electron chi connectivity index (χ1n) is 7.11. The summed E-state index contributed by atoms with van der Waals surface area (Å²) in [6, 6.07) is 10.3. The molecule has 0 amide bonds. The van der Waals surface area contributed by atoms with Gasteiger partial charge in [-0.3, -0.25) is 4.79 Å². The van der Waals surface area contributed by atoms with E-state index in [1.165, 1.54) is 5.56 Å². The fourth-order valence-corrected chi connectivity index (χ4v) is 2.34. The number of carbonyl (C=O) groups excluding carboxylic acids is 1. The Bertz CT molecular complexity index is 382. The van der Waals surface area contributed by atoms with Crippen LogP contribution in [0.15, 0.2) is 30.3 Å². The van der Waals surface area contributed by atoms with Crippen molar-refractivity contribution in [1.82, 2.24) is 0 Å². The van der Waals surface area contributed by atoms with Crippen LogP contribution in [0.3, 0.4) is 0 Å². The number of ether oxygens (including phenoxy) is 2. The summed E-state index contributed by atoms with van der Waals surface area (Å²) < 4.78 is 10.7. The van der Waals surface area contributed by atoms with Crippen LogP contribution in [-0.4, -0.2) is 25.3 Å². The smallest absolute Gasteiger partial charge is 0.309 e. The van der Waals surface area contributed by atoms with Gasteiger partial charge in [0.15, 0.2) is 0 Å². The van der Waals surface area contributed by atoms with Crippen LogP contribution in [-0.2, 0) is 20.7 Å². The Kier molecular flexibility index (Phi) is 5.40. The van der Waals surface area contributed by atoms with Gasteiger partial charge < -0.3 is 9.47 Å². The van der Waals surface area contributed by atoms with E-state index in [1.807, 2.05) is 25.1 Å². The Morgan fingerprint density at radius 2 is 2.21 bits per heavy atom. The minimum atomic E-state index is -0.0612. The lowest BCUT2D eigenvalue weighted by atomic mass is 9.97. The zero-order valence-corrected chi connectivity index (χ0v) is 11.5. The van der Waals surface area contributed by atoms with Gasteiger partial charge in [-0.1, -0.05) is 37.3 Å². The molecule has 19 heavy (non-hydrogen) atoms. The van der Waals surface area contributed by atoms with Gasteiger partial charge in [-0.15, -0.1) is 0 Å². The average Bonchev–Trinajstić information content (AvgIpc) is 2.93. The van der Waals surface area contributed by atoms with Crippen LogP contribution in [0.1, 0.15) is 31.7 Å². The number of hydrogen-bond donors (Lipinski definition) is 0. The van der Waals surface area contributed by atoms with Gasteiger partial charge in [0.2, 0.25) is 0 Å². The third-order valence-electron chi connectivity index (χ3n) is 3.62. The third kappa shape index (κ3) is 4.35. The zero-order chi connectivity index (χ0) is 13.5. The maximum atomic E-state index is 12.1. The van der Waals surface area contributed by atoms with E-state index in [-0.39, 0.29) is 18.0 Å². The van der Waals surface area contributed by atoms with Gasteiger partial charge in [0.1, 0.15) is 6.10 Å². The van der Waals surface area contributed by atoms with Crippen molar-refractivity contribution in [1.29, 1.82) is 0 Å². The molecular weight excluding hydrogens is 240 g/mol. The molecule has 0 aromatic heterocycles. The van der Waals surface area contributed by atoms with Crippen molar-refractivity contribution < 1.29 is 14.3 Å². The normalized spacial score (nSPS) is 20.2. The van der Waals surface area contributed by atoms with Gasteiger partial charge in [-0.25, -0.2) is 0 Å². The number of rotatable bonds is 6. The summed E-state index contributed by atoms with van der Waals surface area (Å²) in [6.45, 7) is 3.31. The van der Waals surface area contributed by atoms with E-state index >= 15 is 0 Å². The van der Waals surface area contributed by atoms with Crippen molar-refractivity contribution in [2.45, 2.75) is 38.7 Å². The van der Waals surface area contributed by atoms with Crippen LogP contribution in [0.25, 0.3) is 0 Å². The summed E-state index contributed by atoms with van der Waals surface area (Å²) in [4.78, 5) is 12.1. The summed E-state index contributed by atoms with van der Waals surface area (Å²) in [5, 5.41) is 0. The van der Waals surface area contributed by atoms with Crippen molar-refractivity contribution in [3.63, 3.8) is 0 Å². The van der Waals surface area contributed by atoms with Crippen LogP contribution in [0.2, 0.25) is 0 Å². The second kappa shape index (κ2) is 7.29. The fraction of sp³-hybridized carbons (Fsp3) is 0.562. The van der Waals surface area contributed by atoms with Crippen LogP contribution in [0.4, 0.5) is 0 Å². The van der Waals surface area contributed by atoms with Gasteiger partial charge in [-0.05, 0) is 24.8 Å². The highest BCUT2D eigenvalue weighted by Crippen LogP contribution is 2.18. The Balaban J connectivity index is 1.80. The molecule has 1 fully saturated rings. The van der Waals surface area contributed by atoms with E-state index in [2.05, 4.69) is 12.1 Å². The molecule has 0 spiro atoms. The maximum Gasteiger partial charge on any atom is 0.309 e. The number of benzene rings is 1. The van der Waals surface area contributed by atoms with Crippen LogP contribution in [0, 0.1) is 5.92 Å². The van der Waals surface area contributed by atoms with Crippen molar-refractivity contribution in [2.75, 3.05) is 13.2 Å². The molecule has 2 rings (SSSR count). The van der Waals surface area contributed by atoms with Gasteiger partial charge >= 0.3 is 5.97 Å². The van der Waals surface area contributed by atoms with E-state index < -0.39 is 0 Å². The highest BCUT2D eigenvalue weighted by atomic mass is 16.6. The van der Waals surface area contributed by atoms with Crippen molar-refractivity contribution in [3.05, 3.63) is 35.9 Å². The number of aryl methyl sites for hydroxylation is 1. The lowest BCUT2D eigenvalue weighted by Crippen LogP contribution is -2.24. The molecule has 0 N–H and O–H groups in total. The van der Waals surface area contributed by atoms with E-state index in [1.54, 1.807) is 0 Å². The standard InChI is InChI=1S/C16H22O3/c1-2-14(9-8-13-6-4-3-5-7-13)16(17)19-15-10-11-18-12-15/h3-7,14-15H,2,8-12H2,1H3/t14?,15-/m0/s1. The second-order valence-electron chi connectivity index (χ2n) is 5.05. The Morgan fingerprint density at radius 1 is 1.42 bits per heavy atom. The average molecular weight is 262 g/mol. The first kappa shape index (κ1) is 14.1. The number of hydrogen-bond acceptors (Lipinski definition) is 3. The molecule has 104 valence electrons. The van der Waals surface area contributed by atoms with Crippen molar-refractivity contribution in [3.8, 4) is 0 Å². The van der Waals surface area contributed by atoms with E-state index in [4.69, 9.17) is 9.47 Å². The Hall–Kier alpha value is -1.35. The Labute approximate surface area is 114 Å². The zero-order valence-electron chi connectivity index (χ0n) is 11.5. The summed E-state index contributed by atoms with van der Waals surface area (Å²) in [5.41, 5.74) is 1.28. The van der Waals surface area contributed by atoms with Gasteiger partial charge in [0, 0.05) is 6.42 Å². The summed E-state index contributed by atoms with van der Waals surface area (Å²) in [5.74, 6) is -0.0604. The van der Waals surface area contributed by atoms with Crippen LogP contribution < -0.4 is 0 Å². The van der Waals surface area contributed by atoms with Crippen LogP contribution in [0.5, 0.6) is 0 Å². The molecule has 0 radical (unpaired) electrons. The number of esters is 1. The van der Waals surface area contributed by atoms with Crippen LogP contribution >= 0.6 is 0 Å². The highest BCUT2D eigenvalue weighted by molar-refractivity contribution is 5.72. The third-order valence-corrected chi connectivity index (χ3v) is 3.62. The molecule has 1 heterocycles. The number of carbonyl (C=O) groups is 1. The molecule has 1 saturated heterocycles. The predicted octanol–water partition coefficient (Wildman–Crippen LogP) is 2.98. The molecule has 2 atom stereocenters. The topological polar surface area (TPSA) is 35.5 Å². The molecule has 0 saturated carbocycles. The Morgan fingerprint density at radius 3 is 2.84 bits per heavy atom. The minimum absolute atomic E-state index is 0.000746. The van der Waals surface area contributed by atoms with E-state index in [0.717, 1.165) is 25.7 Å². The SMILES string of the molecule is CCC(CCc1ccccc1)C(=O)O[C@H]1CCOC1.